The molecule has 0 aliphatic heterocycles. The maximum atomic E-state index is 13.8. The molecule has 0 unspecified atom stereocenters. The lowest BCUT2D eigenvalue weighted by atomic mass is 9.71. The minimum absolute atomic E-state index is 0.188. The smallest absolute Gasteiger partial charge is 0.164 e. The lowest BCUT2D eigenvalue weighted by Crippen LogP contribution is -2.31. The second-order valence-electron chi connectivity index (χ2n) is 6.66. The average Bonchev–Trinajstić information content (AvgIpc) is 2.35. The largest absolute Gasteiger partial charge is 0.380 e. The molecular weight excluding hydrogens is 261 g/mol. The van der Waals surface area contributed by atoms with Gasteiger partial charge in [-0.15, -0.1) is 0 Å². The van der Waals surface area contributed by atoms with Gasteiger partial charge in [0.25, 0.3) is 0 Å². The van der Waals surface area contributed by atoms with Crippen molar-refractivity contribution in [1.29, 1.82) is 0 Å². The monoisotopic (exact) mass is 283 g/mol. The van der Waals surface area contributed by atoms with Crippen LogP contribution in [0, 0.1) is 17.2 Å². The maximum Gasteiger partial charge on any atom is 0.164 e. The van der Waals surface area contributed by atoms with Crippen molar-refractivity contribution < 1.29 is 4.39 Å². The molecule has 106 valence electrons. The summed E-state index contributed by atoms with van der Waals surface area (Å²) >= 11 is 5.80. The van der Waals surface area contributed by atoms with Crippen molar-refractivity contribution in [3.8, 4) is 0 Å². The molecule has 1 aliphatic rings. The first kappa shape index (κ1) is 14.6. The molecule has 2 rings (SSSR count). The minimum atomic E-state index is -0.331. The molecule has 0 bridgehead atoms. The first-order valence-electron chi connectivity index (χ1n) is 7.08. The molecule has 1 aliphatic carbocycles. The number of anilines is 1. The molecule has 0 radical (unpaired) electrons. The molecule has 19 heavy (non-hydrogen) atoms. The molecule has 1 fully saturated rings. The molecule has 1 N–H and O–H groups in total. The molecule has 0 amide bonds. The highest BCUT2D eigenvalue weighted by atomic mass is 35.5. The van der Waals surface area contributed by atoms with Gasteiger partial charge in [-0.1, -0.05) is 38.4 Å². The van der Waals surface area contributed by atoms with Crippen molar-refractivity contribution in [2.45, 2.75) is 52.5 Å². The fraction of sp³-hybridized carbons (Fsp3) is 0.625. The zero-order valence-electron chi connectivity index (χ0n) is 12.0. The van der Waals surface area contributed by atoms with Crippen molar-refractivity contribution in [3.05, 3.63) is 29.0 Å². The normalized spacial score (nSPS) is 24.3. The predicted molar refractivity (Wildman–Crippen MR) is 80.2 cm³/mol. The lowest BCUT2D eigenvalue weighted by molar-refractivity contribution is 0.173. The van der Waals surface area contributed by atoms with Gasteiger partial charge in [-0.05, 0) is 49.1 Å². The molecule has 0 aromatic heterocycles. The number of hydrogen-bond acceptors (Lipinski definition) is 1. The van der Waals surface area contributed by atoms with E-state index in [2.05, 4.69) is 26.1 Å². The fourth-order valence-electron chi connectivity index (χ4n) is 2.94. The van der Waals surface area contributed by atoms with Gasteiger partial charge in [-0.3, -0.25) is 0 Å². The summed E-state index contributed by atoms with van der Waals surface area (Å²) in [4.78, 5) is 0. The highest BCUT2D eigenvalue weighted by Crippen LogP contribution is 2.38. The molecule has 1 aromatic rings. The van der Waals surface area contributed by atoms with E-state index in [4.69, 9.17) is 11.6 Å². The number of benzene rings is 1. The van der Waals surface area contributed by atoms with Gasteiger partial charge in [0.1, 0.15) is 0 Å². The van der Waals surface area contributed by atoms with E-state index in [-0.39, 0.29) is 10.8 Å². The van der Waals surface area contributed by atoms with Crippen molar-refractivity contribution in [2.75, 3.05) is 5.32 Å². The summed E-state index contributed by atoms with van der Waals surface area (Å²) in [5.74, 6) is 0.442. The van der Waals surface area contributed by atoms with Crippen LogP contribution in [0.25, 0.3) is 0 Å². The summed E-state index contributed by atoms with van der Waals surface area (Å²) in [5, 5.41) is 3.49. The zero-order chi connectivity index (χ0) is 14.0. The Bertz CT molecular complexity index is 431. The van der Waals surface area contributed by atoms with E-state index in [0.29, 0.717) is 17.1 Å². The molecule has 0 atom stereocenters. The molecule has 0 saturated heterocycles. The third-order valence-electron chi connectivity index (χ3n) is 4.26. The summed E-state index contributed by atoms with van der Waals surface area (Å²) in [6.45, 7) is 6.92. The number of hydrogen-bond donors (Lipinski definition) is 1. The molecule has 0 spiro atoms. The molecule has 1 saturated carbocycles. The van der Waals surface area contributed by atoms with Crippen molar-refractivity contribution in [1.82, 2.24) is 0 Å². The number of nitrogens with one attached hydrogen (secondary N) is 1. The Balaban J connectivity index is 1.94. The van der Waals surface area contributed by atoms with Crippen LogP contribution in [0.2, 0.25) is 5.02 Å². The van der Waals surface area contributed by atoms with Crippen LogP contribution in [0.15, 0.2) is 18.2 Å². The number of rotatable bonds is 2. The zero-order valence-corrected chi connectivity index (χ0v) is 12.7. The van der Waals surface area contributed by atoms with Gasteiger partial charge >= 0.3 is 0 Å². The summed E-state index contributed by atoms with van der Waals surface area (Å²) < 4.78 is 13.8. The Morgan fingerprint density at radius 3 is 2.37 bits per heavy atom. The van der Waals surface area contributed by atoms with Gasteiger partial charge in [0.2, 0.25) is 0 Å². The number of halogens is 2. The average molecular weight is 284 g/mol. The summed E-state index contributed by atoms with van der Waals surface area (Å²) in [6.07, 6.45) is 4.63. The van der Waals surface area contributed by atoms with E-state index in [1.165, 1.54) is 12.8 Å². The first-order valence-corrected chi connectivity index (χ1v) is 7.46. The second-order valence-corrected chi connectivity index (χ2v) is 7.07. The predicted octanol–water partition coefficient (Wildman–Crippen LogP) is 5.50. The molecule has 0 heterocycles. The Morgan fingerprint density at radius 2 is 1.79 bits per heavy atom. The van der Waals surface area contributed by atoms with Crippen LogP contribution in [0.3, 0.4) is 0 Å². The standard InChI is InChI=1S/C16H23ClFN/c1-16(2,3)11-7-9-12(10-8-11)19-14-6-4-5-13(17)15(14)18/h4-6,11-12,19H,7-10H2,1-3H3. The quantitative estimate of drug-likeness (QED) is 0.756. The highest BCUT2D eigenvalue weighted by Gasteiger charge is 2.29. The van der Waals surface area contributed by atoms with Crippen LogP contribution in [0.1, 0.15) is 46.5 Å². The van der Waals surface area contributed by atoms with Gasteiger partial charge in [-0.25, -0.2) is 4.39 Å². The fourth-order valence-corrected chi connectivity index (χ4v) is 3.11. The van der Waals surface area contributed by atoms with Crippen LogP contribution in [-0.2, 0) is 0 Å². The Labute approximate surface area is 120 Å². The lowest BCUT2D eigenvalue weighted by Gasteiger charge is -2.37. The summed E-state index contributed by atoms with van der Waals surface area (Å²) in [6, 6.07) is 5.50. The second kappa shape index (κ2) is 5.70. The van der Waals surface area contributed by atoms with Gasteiger partial charge in [0.15, 0.2) is 5.82 Å². The third kappa shape index (κ3) is 3.62. The van der Waals surface area contributed by atoms with Crippen LogP contribution >= 0.6 is 11.6 Å². The third-order valence-corrected chi connectivity index (χ3v) is 4.56. The van der Waals surface area contributed by atoms with E-state index in [0.717, 1.165) is 18.8 Å². The highest BCUT2D eigenvalue weighted by molar-refractivity contribution is 6.31. The van der Waals surface area contributed by atoms with Crippen molar-refractivity contribution in [2.24, 2.45) is 11.3 Å². The Morgan fingerprint density at radius 1 is 1.16 bits per heavy atom. The SMILES string of the molecule is CC(C)(C)C1CCC(Nc2cccc(Cl)c2F)CC1. The maximum absolute atomic E-state index is 13.8. The minimum Gasteiger partial charge on any atom is -0.380 e. The van der Waals surface area contributed by atoms with Crippen molar-refractivity contribution >= 4 is 17.3 Å². The van der Waals surface area contributed by atoms with E-state index in [9.17, 15) is 4.39 Å². The van der Waals surface area contributed by atoms with Crippen molar-refractivity contribution in [3.63, 3.8) is 0 Å². The Kier molecular flexibility index (Phi) is 4.39. The van der Waals surface area contributed by atoms with Gasteiger partial charge in [0.05, 0.1) is 10.7 Å². The van der Waals surface area contributed by atoms with Crippen LogP contribution in [0.5, 0.6) is 0 Å². The van der Waals surface area contributed by atoms with Gasteiger partial charge < -0.3 is 5.32 Å². The molecular formula is C16H23ClFN. The molecule has 1 aromatic carbocycles. The topological polar surface area (TPSA) is 12.0 Å². The van der Waals surface area contributed by atoms with E-state index in [1.54, 1.807) is 18.2 Å². The van der Waals surface area contributed by atoms with E-state index < -0.39 is 0 Å². The summed E-state index contributed by atoms with van der Waals surface area (Å²) in [5.41, 5.74) is 0.915. The summed E-state index contributed by atoms with van der Waals surface area (Å²) in [7, 11) is 0. The molecule has 1 nitrogen and oxygen atoms in total. The van der Waals surface area contributed by atoms with Crippen LogP contribution < -0.4 is 5.32 Å². The molecule has 3 heteroatoms. The van der Waals surface area contributed by atoms with E-state index >= 15 is 0 Å². The van der Waals surface area contributed by atoms with E-state index in [1.807, 2.05) is 0 Å². The van der Waals surface area contributed by atoms with Gasteiger partial charge in [-0.2, -0.15) is 0 Å². The van der Waals surface area contributed by atoms with Gasteiger partial charge in [0, 0.05) is 6.04 Å². The first-order chi connectivity index (χ1) is 8.88. The van der Waals surface area contributed by atoms with Crippen LogP contribution in [0.4, 0.5) is 10.1 Å². The van der Waals surface area contributed by atoms with Crippen LogP contribution in [-0.4, -0.2) is 6.04 Å². The Hall–Kier alpha value is -0.760.